The summed E-state index contributed by atoms with van der Waals surface area (Å²) in [7, 11) is -5.45. The van der Waals surface area contributed by atoms with Gasteiger partial charge in [0.05, 0.1) is 17.8 Å². The molecule has 1 saturated heterocycles. The van der Waals surface area contributed by atoms with Crippen molar-refractivity contribution in [2.75, 3.05) is 32.4 Å². The van der Waals surface area contributed by atoms with Crippen LogP contribution in [0.2, 0.25) is 0 Å². The van der Waals surface area contributed by atoms with Gasteiger partial charge in [0.2, 0.25) is 15.9 Å². The number of nitrogens with one attached hydrogen (secondary N) is 3. The van der Waals surface area contributed by atoms with Gasteiger partial charge in [0.1, 0.15) is 11.8 Å². The van der Waals surface area contributed by atoms with Crippen LogP contribution in [0.25, 0.3) is 0 Å². The molecule has 15 nitrogen and oxygen atoms in total. The zero-order chi connectivity index (χ0) is 27.5. The quantitative estimate of drug-likeness (QED) is 0.168. The molecule has 200 valence electrons. The molecule has 0 spiro atoms. The van der Waals surface area contributed by atoms with Crippen LogP contribution in [0.5, 0.6) is 5.75 Å². The molecular formula is C20H26BN5O10S. The second-order valence-corrected chi connectivity index (χ2v) is 10.2. The number of amides is 5. The second-order valence-electron chi connectivity index (χ2n) is 8.39. The Morgan fingerprint density at radius 1 is 1.22 bits per heavy atom. The number of carbonyl (C=O) groups is 5. The fraction of sp³-hybridized carbons (Fsp3) is 0.450. The summed E-state index contributed by atoms with van der Waals surface area (Å²) in [4.78, 5) is 63.5. The highest BCUT2D eigenvalue weighted by molar-refractivity contribution is 7.88. The number of carboxylic acid groups (broad SMARTS) is 1. The summed E-state index contributed by atoms with van der Waals surface area (Å²) < 4.78 is 30.6. The molecular weight excluding hydrogens is 513 g/mol. The van der Waals surface area contributed by atoms with Crippen LogP contribution in [-0.4, -0.2) is 110 Å². The van der Waals surface area contributed by atoms with Crippen LogP contribution in [0.3, 0.4) is 0 Å². The molecule has 2 heterocycles. The Balaban J connectivity index is 1.75. The van der Waals surface area contributed by atoms with Crippen LogP contribution in [0.4, 0.5) is 4.79 Å². The Hall–Kier alpha value is -3.70. The van der Waals surface area contributed by atoms with Gasteiger partial charge in [-0.25, -0.2) is 22.7 Å². The van der Waals surface area contributed by atoms with Gasteiger partial charge in [-0.3, -0.25) is 19.3 Å². The van der Waals surface area contributed by atoms with E-state index in [1.807, 2.05) is 0 Å². The molecule has 5 N–H and O–H groups in total. The molecule has 5 amide bonds. The summed E-state index contributed by atoms with van der Waals surface area (Å²) >= 11 is 0. The van der Waals surface area contributed by atoms with E-state index in [9.17, 15) is 42.5 Å². The molecule has 3 rings (SSSR count). The first-order valence-corrected chi connectivity index (χ1v) is 13.1. The molecule has 0 bridgehead atoms. The third kappa shape index (κ3) is 6.55. The molecule has 1 aromatic carbocycles. The number of imide groups is 1. The van der Waals surface area contributed by atoms with Crippen LogP contribution in [0, 0.1) is 0 Å². The third-order valence-electron chi connectivity index (χ3n) is 5.78. The smallest absolute Gasteiger partial charge is 0.534 e. The van der Waals surface area contributed by atoms with Crippen LogP contribution < -0.4 is 20.0 Å². The van der Waals surface area contributed by atoms with Crippen molar-refractivity contribution in [1.29, 1.82) is 0 Å². The van der Waals surface area contributed by atoms with Gasteiger partial charge < -0.3 is 30.3 Å². The molecule has 0 unspecified atom stereocenters. The lowest BCUT2D eigenvalue weighted by atomic mass is 9.72. The molecule has 2 aliphatic heterocycles. The van der Waals surface area contributed by atoms with Crippen molar-refractivity contribution in [1.82, 2.24) is 25.2 Å². The Morgan fingerprint density at radius 3 is 2.54 bits per heavy atom. The summed E-state index contributed by atoms with van der Waals surface area (Å²) in [5, 5.41) is 24.4. The maximum Gasteiger partial charge on any atom is 0.547 e. The Kier molecular flexibility index (Phi) is 8.40. The molecule has 1 fully saturated rings. The molecule has 0 aromatic heterocycles. The van der Waals surface area contributed by atoms with E-state index in [0.717, 1.165) is 6.26 Å². The number of rotatable bonds is 8. The number of carboxylic acids is 1. The molecule has 0 radical (unpaired) electrons. The minimum absolute atomic E-state index is 0.0322. The van der Waals surface area contributed by atoms with Crippen molar-refractivity contribution in [3.63, 3.8) is 0 Å². The van der Waals surface area contributed by atoms with E-state index in [1.165, 1.54) is 17.0 Å². The van der Waals surface area contributed by atoms with Crippen LogP contribution >= 0.6 is 0 Å². The van der Waals surface area contributed by atoms with E-state index in [2.05, 4.69) is 15.4 Å². The zero-order valence-electron chi connectivity index (χ0n) is 20.0. The predicted octanol–water partition coefficient (Wildman–Crippen LogP) is -2.86. The van der Waals surface area contributed by atoms with Gasteiger partial charge >= 0.3 is 30.9 Å². The number of hydrogen-bond acceptors (Lipinski definition) is 9. The second kappa shape index (κ2) is 11.1. The topological polar surface area (TPSA) is 212 Å². The number of fused-ring (bicyclic) bond motifs is 1. The lowest BCUT2D eigenvalue weighted by Crippen LogP contribution is -2.63. The normalized spacial score (nSPS) is 18.6. The standard InChI is InChI=1S/C20H26BN5O10S/c1-3-25-7-8-26(18(29)17(25)28)20(32)23-13(10-22-37(2,34)35)16(27)24-14-9-11-5-4-6-12(19(30)31)15(11)36-21(14)33/h4-6,13-14,22,33H,3,7-10H2,1-2H3,(H,23,32)(H,24,27)(H,30,31)/t13-,14-/m0/s1. The van der Waals surface area contributed by atoms with E-state index < -0.39 is 65.4 Å². The summed E-state index contributed by atoms with van der Waals surface area (Å²) in [5.74, 6) is -5.32. The van der Waals surface area contributed by atoms with Crippen LogP contribution in [-0.2, 0) is 30.8 Å². The lowest BCUT2D eigenvalue weighted by molar-refractivity contribution is -0.153. The SMILES string of the molecule is CCN1CCN(C(=O)N[C@@H](CNS(C)(=O)=O)C(=O)N[C@H]2Cc3cccc(C(=O)O)c3OB2O)C(=O)C1=O. The fourth-order valence-electron chi connectivity index (χ4n) is 3.84. The lowest BCUT2D eigenvalue weighted by Gasteiger charge is -2.33. The Labute approximate surface area is 212 Å². The molecule has 2 atom stereocenters. The number of urea groups is 1. The molecule has 1 aromatic rings. The van der Waals surface area contributed by atoms with Gasteiger partial charge in [0.15, 0.2) is 0 Å². The zero-order valence-corrected chi connectivity index (χ0v) is 20.8. The largest absolute Gasteiger partial charge is 0.547 e. The van der Waals surface area contributed by atoms with E-state index in [-0.39, 0.29) is 37.4 Å². The van der Waals surface area contributed by atoms with Gasteiger partial charge in [0, 0.05) is 26.2 Å². The minimum Gasteiger partial charge on any atom is -0.534 e. The first-order valence-electron chi connectivity index (χ1n) is 11.2. The number of aromatic carboxylic acids is 1. The maximum absolute atomic E-state index is 13.0. The summed E-state index contributed by atoms with van der Waals surface area (Å²) in [6, 6.07) is 1.68. The monoisotopic (exact) mass is 539 g/mol. The van der Waals surface area contributed by atoms with E-state index in [4.69, 9.17) is 4.65 Å². The molecule has 0 saturated carbocycles. The first kappa shape index (κ1) is 27.9. The summed E-state index contributed by atoms with van der Waals surface area (Å²) in [6.45, 7) is 1.30. The van der Waals surface area contributed by atoms with Crippen molar-refractivity contribution in [3.05, 3.63) is 29.3 Å². The Bertz CT molecular complexity index is 1230. The molecule has 0 aliphatic carbocycles. The number of sulfonamides is 1. The summed E-state index contributed by atoms with van der Waals surface area (Å²) in [6.07, 6.45) is 0.807. The van der Waals surface area contributed by atoms with Gasteiger partial charge in [0.25, 0.3) is 0 Å². The number of para-hydroxylation sites is 1. The van der Waals surface area contributed by atoms with Crippen molar-refractivity contribution >= 4 is 46.9 Å². The van der Waals surface area contributed by atoms with Gasteiger partial charge in [-0.15, -0.1) is 0 Å². The molecule has 2 aliphatic rings. The third-order valence-corrected chi connectivity index (χ3v) is 6.47. The molecule has 37 heavy (non-hydrogen) atoms. The number of carbonyl (C=O) groups excluding carboxylic acids is 4. The van der Waals surface area contributed by atoms with Gasteiger partial charge in [-0.1, -0.05) is 12.1 Å². The minimum atomic E-state index is -3.79. The number of likely N-dealkylation sites (N-methyl/N-ethyl adjacent to an activating group) is 1. The highest BCUT2D eigenvalue weighted by Crippen LogP contribution is 2.30. The number of benzene rings is 1. The van der Waals surface area contributed by atoms with Crippen molar-refractivity contribution in [2.45, 2.75) is 25.3 Å². The van der Waals surface area contributed by atoms with Crippen LogP contribution in [0.15, 0.2) is 18.2 Å². The van der Waals surface area contributed by atoms with E-state index >= 15 is 0 Å². The van der Waals surface area contributed by atoms with Crippen molar-refractivity contribution < 1.29 is 47.2 Å². The van der Waals surface area contributed by atoms with Crippen LogP contribution in [0.1, 0.15) is 22.8 Å². The number of hydrogen-bond donors (Lipinski definition) is 5. The van der Waals surface area contributed by atoms with Gasteiger partial charge in [-0.05, 0) is 25.0 Å². The van der Waals surface area contributed by atoms with Crippen molar-refractivity contribution in [3.8, 4) is 5.75 Å². The van der Waals surface area contributed by atoms with Gasteiger partial charge in [-0.2, -0.15) is 0 Å². The average molecular weight is 539 g/mol. The average Bonchev–Trinajstić information content (AvgIpc) is 2.82. The first-order chi connectivity index (χ1) is 17.3. The number of nitrogens with zero attached hydrogens (tertiary/aromatic N) is 2. The van der Waals surface area contributed by atoms with Crippen molar-refractivity contribution in [2.24, 2.45) is 0 Å². The molecule has 17 heteroatoms. The number of piperazine rings is 1. The Morgan fingerprint density at radius 2 is 1.92 bits per heavy atom. The van der Waals surface area contributed by atoms with E-state index in [0.29, 0.717) is 10.5 Å². The van der Waals surface area contributed by atoms with E-state index in [1.54, 1.807) is 13.0 Å². The highest BCUT2D eigenvalue weighted by Gasteiger charge is 2.40. The summed E-state index contributed by atoms with van der Waals surface area (Å²) in [5.41, 5.74) is 0.217. The fourth-order valence-corrected chi connectivity index (χ4v) is 4.31. The predicted molar refractivity (Wildman–Crippen MR) is 127 cm³/mol. The highest BCUT2D eigenvalue weighted by atomic mass is 32.2. The maximum atomic E-state index is 13.0.